The van der Waals surface area contributed by atoms with Gasteiger partial charge in [-0.3, -0.25) is 19.2 Å². The Morgan fingerprint density at radius 1 is 1.20 bits per heavy atom. The molecule has 4 amide bonds. The van der Waals surface area contributed by atoms with Crippen molar-refractivity contribution < 1.29 is 19.2 Å². The monoisotopic (exact) mass is 547 g/mol. The Morgan fingerprint density at radius 3 is 2.52 bits per heavy atom. The van der Waals surface area contributed by atoms with Gasteiger partial charge >= 0.3 is 0 Å². The highest BCUT2D eigenvalue weighted by molar-refractivity contribution is 6.07. The molecule has 0 radical (unpaired) electrons. The van der Waals surface area contributed by atoms with Crippen molar-refractivity contribution in [1.29, 1.82) is 5.26 Å². The highest BCUT2D eigenvalue weighted by Gasteiger charge is 2.57. The van der Waals surface area contributed by atoms with Crippen molar-refractivity contribution >= 4 is 29.3 Å². The zero-order chi connectivity index (χ0) is 28.8. The molecule has 4 atom stereocenters. The van der Waals surface area contributed by atoms with Crippen molar-refractivity contribution in [1.82, 2.24) is 15.1 Å². The Kier molecular flexibility index (Phi) is 7.41. The van der Waals surface area contributed by atoms with Gasteiger partial charge in [-0.25, -0.2) is 0 Å². The van der Waals surface area contributed by atoms with Gasteiger partial charge in [-0.05, 0) is 55.1 Å². The van der Waals surface area contributed by atoms with Crippen molar-refractivity contribution in [3.8, 4) is 6.07 Å². The van der Waals surface area contributed by atoms with Gasteiger partial charge in [0, 0.05) is 31.6 Å². The lowest BCUT2D eigenvalue weighted by Gasteiger charge is -2.37. The third kappa shape index (κ3) is 5.59. The van der Waals surface area contributed by atoms with E-state index in [0.29, 0.717) is 24.4 Å². The third-order valence-electron chi connectivity index (χ3n) is 8.95. The van der Waals surface area contributed by atoms with Gasteiger partial charge in [0.15, 0.2) is 0 Å². The van der Waals surface area contributed by atoms with Crippen molar-refractivity contribution in [3.63, 3.8) is 0 Å². The van der Waals surface area contributed by atoms with Gasteiger partial charge in [-0.1, -0.05) is 51.8 Å². The summed E-state index contributed by atoms with van der Waals surface area (Å²) in [6.07, 6.45) is 6.01. The van der Waals surface area contributed by atoms with Crippen LogP contribution in [-0.4, -0.2) is 65.1 Å². The molecule has 4 aliphatic rings. The number of carbonyl (C=O) groups is 4. The van der Waals surface area contributed by atoms with Crippen LogP contribution in [0, 0.1) is 28.6 Å². The van der Waals surface area contributed by atoms with E-state index in [-0.39, 0.29) is 47.9 Å². The summed E-state index contributed by atoms with van der Waals surface area (Å²) in [7, 11) is 1.63. The van der Waals surface area contributed by atoms with E-state index in [1.54, 1.807) is 7.05 Å². The molecule has 1 saturated heterocycles. The van der Waals surface area contributed by atoms with Gasteiger partial charge in [0.1, 0.15) is 18.1 Å². The summed E-state index contributed by atoms with van der Waals surface area (Å²) in [6.45, 7) is 6.12. The van der Waals surface area contributed by atoms with Crippen LogP contribution >= 0.6 is 0 Å². The number of likely N-dealkylation sites (N-methyl/N-ethyl adjacent to an activating group) is 1. The lowest BCUT2D eigenvalue weighted by Crippen LogP contribution is -2.56. The first-order chi connectivity index (χ1) is 18.9. The molecular formula is C31H41N5O4. The molecular weight excluding hydrogens is 506 g/mol. The minimum Gasteiger partial charge on any atom is -0.344 e. The molecule has 2 aliphatic carbocycles. The maximum absolute atomic E-state index is 14.3. The molecule has 2 heterocycles. The number of carbonyl (C=O) groups excluding carboxylic acids is 4. The Labute approximate surface area is 236 Å². The summed E-state index contributed by atoms with van der Waals surface area (Å²) in [5.74, 6) is -0.319. The number of nitrogens with zero attached hydrogens (tertiary/aromatic N) is 3. The first-order valence-corrected chi connectivity index (χ1v) is 14.6. The molecule has 2 N–H and O–H groups in total. The summed E-state index contributed by atoms with van der Waals surface area (Å²) in [6, 6.07) is 7.36. The second-order valence-corrected chi connectivity index (χ2v) is 13.5. The van der Waals surface area contributed by atoms with Crippen molar-refractivity contribution in [2.24, 2.45) is 17.3 Å². The molecule has 5 rings (SSSR count). The van der Waals surface area contributed by atoms with Crippen LogP contribution in [0.15, 0.2) is 24.3 Å². The van der Waals surface area contributed by atoms with Crippen LogP contribution < -0.4 is 10.6 Å². The topological polar surface area (TPSA) is 123 Å². The van der Waals surface area contributed by atoms with Crippen LogP contribution in [0.1, 0.15) is 77.7 Å². The second kappa shape index (κ2) is 10.5. The van der Waals surface area contributed by atoms with Gasteiger partial charge in [-0.2, -0.15) is 5.26 Å². The number of benzene rings is 1. The Hall–Kier alpha value is -3.41. The number of rotatable bonds is 9. The van der Waals surface area contributed by atoms with E-state index in [1.165, 1.54) is 9.80 Å². The van der Waals surface area contributed by atoms with Gasteiger partial charge < -0.3 is 20.4 Å². The van der Waals surface area contributed by atoms with E-state index in [4.69, 9.17) is 0 Å². The average Bonchev–Trinajstić information content (AvgIpc) is 3.85. The van der Waals surface area contributed by atoms with Crippen molar-refractivity contribution in [2.45, 2.75) is 95.7 Å². The van der Waals surface area contributed by atoms with Crippen LogP contribution in [0.5, 0.6) is 0 Å². The molecule has 9 heteroatoms. The maximum Gasteiger partial charge on any atom is 0.246 e. The number of hydrogen-bond donors (Lipinski definition) is 2. The van der Waals surface area contributed by atoms with Crippen LogP contribution in [-0.2, 0) is 24.6 Å². The smallest absolute Gasteiger partial charge is 0.246 e. The molecule has 0 bridgehead atoms. The number of likely N-dealkylation sites (tertiary alicyclic amines) is 1. The number of amides is 4. The summed E-state index contributed by atoms with van der Waals surface area (Å²) in [5.41, 5.74) is 0.219. The minimum atomic E-state index is -0.994. The molecule has 0 aromatic heterocycles. The number of anilines is 1. The predicted molar refractivity (Wildman–Crippen MR) is 150 cm³/mol. The van der Waals surface area contributed by atoms with Crippen molar-refractivity contribution in [2.75, 3.05) is 18.9 Å². The molecule has 2 saturated carbocycles. The normalized spacial score (nSPS) is 25.1. The Bertz CT molecular complexity index is 1240. The first kappa shape index (κ1) is 28.1. The van der Waals surface area contributed by atoms with Gasteiger partial charge in [0.05, 0.1) is 11.5 Å². The van der Waals surface area contributed by atoms with E-state index in [2.05, 4.69) is 16.7 Å². The third-order valence-corrected chi connectivity index (χ3v) is 8.95. The molecule has 0 unspecified atom stereocenters. The number of hydrogen-bond acceptors (Lipinski definition) is 5. The highest BCUT2D eigenvalue weighted by atomic mass is 16.2. The molecule has 3 fully saturated rings. The lowest BCUT2D eigenvalue weighted by atomic mass is 9.80. The molecule has 1 aromatic rings. The number of nitriles is 1. The Morgan fingerprint density at radius 2 is 1.90 bits per heavy atom. The summed E-state index contributed by atoms with van der Waals surface area (Å²) >= 11 is 0. The van der Waals surface area contributed by atoms with Crippen LogP contribution in [0.4, 0.5) is 5.69 Å². The molecule has 1 aromatic carbocycles. The largest absolute Gasteiger partial charge is 0.344 e. The minimum absolute atomic E-state index is 0.0221. The fourth-order valence-corrected chi connectivity index (χ4v) is 6.25. The standard InChI is InChI=1S/C31H41N5O4/c1-30(2,3)16-25(35(4)27(38)24(14-11-19-9-10-19)33-26(37)20-12-13-20)28(39)36-18-31(15-21(36)17-32)22-7-5-6-8-23(22)34-29(31)40/h5-8,19-21,24-25H,9-16,18H2,1-4H3,(H,33,37)(H,34,40)/t21-,24-,25-,31-/m0/s1. The highest BCUT2D eigenvalue weighted by Crippen LogP contribution is 2.46. The predicted octanol–water partition coefficient (Wildman–Crippen LogP) is 3.35. The quantitative estimate of drug-likeness (QED) is 0.491. The number of fused-ring (bicyclic) bond motifs is 2. The number of para-hydroxylation sites is 1. The van der Waals surface area contributed by atoms with E-state index < -0.39 is 23.5 Å². The number of nitrogens with one attached hydrogen (secondary N) is 2. The van der Waals surface area contributed by atoms with E-state index in [1.807, 2.05) is 45.0 Å². The SMILES string of the molecule is CN(C(=O)[C@H](CCC1CC1)NC(=O)C1CC1)[C@@H](CC(C)(C)C)C(=O)N1C[C@]2(C[C@H]1C#N)C(=O)Nc1ccccc12. The lowest BCUT2D eigenvalue weighted by molar-refractivity contribution is -0.147. The maximum atomic E-state index is 14.3. The van der Waals surface area contributed by atoms with E-state index in [9.17, 15) is 24.4 Å². The molecule has 1 spiro atoms. The summed E-state index contributed by atoms with van der Waals surface area (Å²) < 4.78 is 0. The summed E-state index contributed by atoms with van der Waals surface area (Å²) in [5, 5.41) is 16.0. The van der Waals surface area contributed by atoms with E-state index >= 15 is 0 Å². The van der Waals surface area contributed by atoms with Crippen LogP contribution in [0.25, 0.3) is 0 Å². The zero-order valence-corrected chi connectivity index (χ0v) is 24.0. The van der Waals surface area contributed by atoms with E-state index in [0.717, 1.165) is 37.7 Å². The molecule has 40 heavy (non-hydrogen) atoms. The second-order valence-electron chi connectivity index (χ2n) is 13.5. The van der Waals surface area contributed by atoms with Crippen LogP contribution in [0.2, 0.25) is 0 Å². The molecule has 214 valence electrons. The average molecular weight is 548 g/mol. The molecule has 2 aliphatic heterocycles. The van der Waals surface area contributed by atoms with Crippen molar-refractivity contribution in [3.05, 3.63) is 29.8 Å². The molecule has 9 nitrogen and oxygen atoms in total. The van der Waals surface area contributed by atoms with Gasteiger partial charge in [0.25, 0.3) is 0 Å². The fourth-order valence-electron chi connectivity index (χ4n) is 6.25. The fraction of sp³-hybridized carbons (Fsp3) is 0.645. The Balaban J connectivity index is 1.40. The van der Waals surface area contributed by atoms with Gasteiger partial charge in [0.2, 0.25) is 23.6 Å². The van der Waals surface area contributed by atoms with Crippen LogP contribution in [0.3, 0.4) is 0 Å². The van der Waals surface area contributed by atoms with Gasteiger partial charge in [-0.15, -0.1) is 0 Å². The zero-order valence-electron chi connectivity index (χ0n) is 24.0. The first-order valence-electron chi connectivity index (χ1n) is 14.6. The summed E-state index contributed by atoms with van der Waals surface area (Å²) in [4.78, 5) is 57.1.